The van der Waals surface area contributed by atoms with Crippen LogP contribution >= 0.6 is 0 Å². The molecule has 0 aliphatic carbocycles. The third-order valence-corrected chi connectivity index (χ3v) is 5.66. The van der Waals surface area contributed by atoms with Crippen LogP contribution in [-0.2, 0) is 12.8 Å². The third-order valence-electron chi connectivity index (χ3n) is 5.66. The van der Waals surface area contributed by atoms with E-state index >= 15 is 0 Å². The van der Waals surface area contributed by atoms with Crippen molar-refractivity contribution in [3.8, 4) is 17.1 Å². The number of nitrogens with one attached hydrogen (secondary N) is 1. The van der Waals surface area contributed by atoms with Gasteiger partial charge >= 0.3 is 6.18 Å². The second-order valence-corrected chi connectivity index (χ2v) is 8.29. The van der Waals surface area contributed by atoms with Gasteiger partial charge in [0.1, 0.15) is 23.9 Å². The van der Waals surface area contributed by atoms with Gasteiger partial charge in [0.05, 0.1) is 16.8 Å². The summed E-state index contributed by atoms with van der Waals surface area (Å²) < 4.78 is 44.2. The number of carbonyl (C=O) groups excluding carboxylic acids is 1. The van der Waals surface area contributed by atoms with Crippen molar-refractivity contribution < 1.29 is 22.7 Å². The van der Waals surface area contributed by atoms with Crippen LogP contribution in [0.4, 0.5) is 24.7 Å². The van der Waals surface area contributed by atoms with Gasteiger partial charge in [0.25, 0.3) is 5.91 Å². The summed E-state index contributed by atoms with van der Waals surface area (Å²) in [6, 6.07) is 17.8. The summed E-state index contributed by atoms with van der Waals surface area (Å²) in [7, 11) is 0. The number of alkyl halides is 3. The summed E-state index contributed by atoms with van der Waals surface area (Å²) in [5, 5.41) is 3.79. The molecule has 5 rings (SSSR count). The van der Waals surface area contributed by atoms with E-state index in [2.05, 4.69) is 32.0 Å². The molecule has 0 aliphatic heterocycles. The molecule has 2 aromatic carbocycles. The normalized spacial score (nSPS) is 11.3. The molecule has 11 heteroatoms. The molecule has 5 aromatic rings. The minimum Gasteiger partial charge on any atom is -0.489 e. The van der Waals surface area contributed by atoms with E-state index in [9.17, 15) is 18.0 Å². The molecule has 1 N–H and O–H groups in total. The van der Waals surface area contributed by atoms with Crippen LogP contribution < -0.4 is 10.1 Å². The minimum atomic E-state index is -4.51. The third kappa shape index (κ3) is 5.72. The first-order chi connectivity index (χ1) is 18.8. The van der Waals surface area contributed by atoms with E-state index in [0.29, 0.717) is 50.7 Å². The van der Waals surface area contributed by atoms with E-state index in [1.165, 1.54) is 6.07 Å². The fourth-order valence-electron chi connectivity index (χ4n) is 3.75. The summed E-state index contributed by atoms with van der Waals surface area (Å²) in [6.45, 7) is 3.32. The van der Waals surface area contributed by atoms with Crippen molar-refractivity contribution in [1.82, 2.24) is 19.9 Å². The molecule has 8 nitrogen and oxygen atoms in total. The van der Waals surface area contributed by atoms with Crippen molar-refractivity contribution >= 4 is 35.0 Å². The predicted molar refractivity (Wildman–Crippen MR) is 140 cm³/mol. The number of hydrogen-bond donors (Lipinski definition) is 1. The summed E-state index contributed by atoms with van der Waals surface area (Å²) in [6.07, 6.45) is -0.105. The van der Waals surface area contributed by atoms with Gasteiger partial charge in [-0.05, 0) is 55.2 Å². The first-order valence-corrected chi connectivity index (χ1v) is 11.6. The monoisotopic (exact) mass is 528 g/mol. The molecule has 0 spiro atoms. The lowest BCUT2D eigenvalue weighted by molar-refractivity contribution is -0.141. The van der Waals surface area contributed by atoms with Crippen molar-refractivity contribution in [1.29, 1.82) is 0 Å². The Hall–Kier alpha value is -5.19. The number of para-hydroxylation sites is 1. The Balaban J connectivity index is 1.51. The number of aliphatic imine (C=N–C) groups is 1. The summed E-state index contributed by atoms with van der Waals surface area (Å²) in [5.74, 6) is 0.733. The standard InChI is InChI=1S/C28H19F3N6O2/c1-32-27(38)20-6-2-3-7-22(20)36-26-21-13-19(39-16-17-8-11-24(34-14-17)28(29,30)31)9-10-23(21)35-25(37-26)18-5-4-12-33-15-18/h2-15H,1,16H2,(H,35,36,37). The number of nitrogens with zero attached hydrogens (tertiary/aromatic N) is 5. The molecular weight excluding hydrogens is 509 g/mol. The summed E-state index contributed by atoms with van der Waals surface area (Å²) in [5.41, 5.74) is 1.54. The fourth-order valence-corrected chi connectivity index (χ4v) is 3.75. The molecule has 0 bridgehead atoms. The van der Waals surface area contributed by atoms with Gasteiger partial charge < -0.3 is 10.1 Å². The number of amides is 1. The Bertz CT molecular complexity index is 1660. The Kier molecular flexibility index (Phi) is 6.96. The van der Waals surface area contributed by atoms with E-state index in [1.54, 1.807) is 60.9 Å². The number of rotatable bonds is 7. The molecular formula is C28H19F3N6O2. The zero-order valence-electron chi connectivity index (χ0n) is 20.2. The maximum absolute atomic E-state index is 12.8. The highest BCUT2D eigenvalue weighted by Crippen LogP contribution is 2.32. The number of pyridine rings is 2. The van der Waals surface area contributed by atoms with E-state index in [-0.39, 0.29) is 6.61 Å². The molecule has 39 heavy (non-hydrogen) atoms. The van der Waals surface area contributed by atoms with Crippen LogP contribution in [-0.4, -0.2) is 32.6 Å². The molecule has 0 unspecified atom stereocenters. The minimum absolute atomic E-state index is 0.00360. The van der Waals surface area contributed by atoms with E-state index in [4.69, 9.17) is 9.72 Å². The Morgan fingerprint density at radius 1 is 1.00 bits per heavy atom. The highest BCUT2D eigenvalue weighted by Gasteiger charge is 2.32. The predicted octanol–water partition coefficient (Wildman–Crippen LogP) is 6.27. The van der Waals surface area contributed by atoms with Crippen LogP contribution in [0, 0.1) is 0 Å². The quantitative estimate of drug-likeness (QED) is 0.249. The number of carbonyl (C=O) groups is 1. The maximum atomic E-state index is 12.8. The first-order valence-electron chi connectivity index (χ1n) is 11.6. The van der Waals surface area contributed by atoms with Crippen LogP contribution in [0.3, 0.4) is 0 Å². The van der Waals surface area contributed by atoms with Crippen molar-refractivity contribution in [3.05, 3.63) is 102 Å². The van der Waals surface area contributed by atoms with Gasteiger partial charge in [-0.25, -0.2) is 15.0 Å². The van der Waals surface area contributed by atoms with Gasteiger partial charge in [-0.15, -0.1) is 0 Å². The van der Waals surface area contributed by atoms with Gasteiger partial charge in [0.15, 0.2) is 5.82 Å². The van der Waals surface area contributed by atoms with Crippen molar-refractivity contribution in [2.45, 2.75) is 12.8 Å². The van der Waals surface area contributed by atoms with E-state index < -0.39 is 17.8 Å². The molecule has 0 atom stereocenters. The van der Waals surface area contributed by atoms with Gasteiger partial charge in [-0.1, -0.05) is 18.2 Å². The fraction of sp³-hybridized carbons (Fsp3) is 0.0714. The lowest BCUT2D eigenvalue weighted by atomic mass is 10.1. The number of aromatic nitrogens is 4. The van der Waals surface area contributed by atoms with Crippen molar-refractivity contribution in [2.24, 2.45) is 4.99 Å². The molecule has 3 heterocycles. The number of halogens is 3. The lowest BCUT2D eigenvalue weighted by Crippen LogP contribution is -2.08. The lowest BCUT2D eigenvalue weighted by Gasteiger charge is -2.14. The Morgan fingerprint density at radius 3 is 2.56 bits per heavy atom. The second-order valence-electron chi connectivity index (χ2n) is 8.29. The molecule has 0 radical (unpaired) electrons. The topological polar surface area (TPSA) is 102 Å². The number of benzene rings is 2. The SMILES string of the molecule is C=NC(=O)c1ccccc1Nc1nc(-c2cccnc2)nc2ccc(OCc3ccc(C(F)(F)F)nc3)cc12. The van der Waals surface area contributed by atoms with Gasteiger partial charge in [0, 0.05) is 35.1 Å². The molecule has 0 aliphatic rings. The molecule has 194 valence electrons. The van der Waals surface area contributed by atoms with E-state index in [1.807, 2.05) is 6.07 Å². The van der Waals surface area contributed by atoms with Crippen molar-refractivity contribution in [2.75, 3.05) is 5.32 Å². The summed E-state index contributed by atoms with van der Waals surface area (Å²) >= 11 is 0. The van der Waals surface area contributed by atoms with Crippen LogP contribution in [0.15, 0.2) is 90.3 Å². The molecule has 0 saturated heterocycles. The highest BCUT2D eigenvalue weighted by atomic mass is 19.4. The number of ether oxygens (including phenoxy) is 1. The highest BCUT2D eigenvalue weighted by molar-refractivity contribution is 6.03. The summed E-state index contributed by atoms with van der Waals surface area (Å²) in [4.78, 5) is 32.8. The van der Waals surface area contributed by atoms with Crippen LogP contribution in [0.5, 0.6) is 5.75 Å². The van der Waals surface area contributed by atoms with Crippen molar-refractivity contribution in [3.63, 3.8) is 0 Å². The smallest absolute Gasteiger partial charge is 0.433 e. The molecule has 0 saturated carbocycles. The van der Waals surface area contributed by atoms with Crippen LogP contribution in [0.2, 0.25) is 0 Å². The number of hydrogen-bond acceptors (Lipinski definition) is 7. The van der Waals surface area contributed by atoms with Gasteiger partial charge in [0.2, 0.25) is 0 Å². The largest absolute Gasteiger partial charge is 0.489 e. The zero-order valence-corrected chi connectivity index (χ0v) is 20.2. The number of anilines is 2. The van der Waals surface area contributed by atoms with E-state index in [0.717, 1.165) is 12.3 Å². The molecule has 3 aromatic heterocycles. The van der Waals surface area contributed by atoms with Gasteiger partial charge in [-0.2, -0.15) is 13.2 Å². The molecule has 0 fully saturated rings. The number of fused-ring (bicyclic) bond motifs is 1. The zero-order chi connectivity index (χ0) is 27.4. The second kappa shape index (κ2) is 10.7. The average molecular weight is 528 g/mol. The van der Waals surface area contributed by atoms with Gasteiger partial charge in [-0.3, -0.25) is 14.8 Å². The first kappa shape index (κ1) is 25.5. The van der Waals surface area contributed by atoms with Crippen LogP contribution in [0.25, 0.3) is 22.3 Å². The molecule has 1 amide bonds. The Labute approximate surface area is 220 Å². The Morgan fingerprint density at radius 2 is 1.85 bits per heavy atom. The van der Waals surface area contributed by atoms with Crippen LogP contribution in [0.1, 0.15) is 21.6 Å². The maximum Gasteiger partial charge on any atom is 0.433 e. The average Bonchev–Trinajstić information content (AvgIpc) is 2.96.